The lowest BCUT2D eigenvalue weighted by molar-refractivity contribution is -0.171. The summed E-state index contributed by atoms with van der Waals surface area (Å²) >= 11 is 0. The van der Waals surface area contributed by atoms with Crippen molar-refractivity contribution in [2.75, 3.05) is 13.4 Å². The third-order valence-corrected chi connectivity index (χ3v) is 5.75. The molecule has 2 rings (SSSR count). The number of rotatable bonds is 7. The molecule has 0 amide bonds. The van der Waals surface area contributed by atoms with Crippen molar-refractivity contribution in [3.8, 4) is 0 Å². The first-order valence-electron chi connectivity index (χ1n) is 8.47. The fourth-order valence-corrected chi connectivity index (χ4v) is 4.10. The lowest BCUT2D eigenvalue weighted by atomic mass is 9.65. The minimum Gasteiger partial charge on any atom is -0.434 e. The van der Waals surface area contributed by atoms with Gasteiger partial charge in [0, 0.05) is 0 Å². The Hall–Kier alpha value is -1.53. The highest BCUT2D eigenvalue weighted by Gasteiger charge is 2.54. The summed E-state index contributed by atoms with van der Waals surface area (Å²) in [5, 5.41) is 5.30. The average molecular weight is 416 g/mol. The number of hydrogen-bond acceptors (Lipinski definition) is 8. The van der Waals surface area contributed by atoms with Gasteiger partial charge in [-0.05, 0) is 43.9 Å². The number of halogens is 2. The predicted molar refractivity (Wildman–Crippen MR) is 84.1 cm³/mol. The first-order valence-corrected chi connectivity index (χ1v) is 9.91. The van der Waals surface area contributed by atoms with Crippen molar-refractivity contribution in [3.05, 3.63) is 0 Å². The van der Waals surface area contributed by atoms with Crippen LogP contribution in [0, 0.1) is 11.8 Å². The van der Waals surface area contributed by atoms with E-state index in [-0.39, 0.29) is 12.5 Å². The van der Waals surface area contributed by atoms with Gasteiger partial charge < -0.3 is 19.3 Å². The van der Waals surface area contributed by atoms with E-state index in [1.165, 1.54) is 0 Å². The van der Waals surface area contributed by atoms with Crippen LogP contribution in [0.15, 0.2) is 0 Å². The van der Waals surface area contributed by atoms with E-state index in [1.54, 1.807) is 0 Å². The van der Waals surface area contributed by atoms with E-state index in [4.69, 9.17) is 9.29 Å². The van der Waals surface area contributed by atoms with Crippen molar-refractivity contribution in [1.29, 1.82) is 0 Å². The van der Waals surface area contributed by atoms with Gasteiger partial charge in [-0.3, -0.25) is 4.55 Å². The van der Waals surface area contributed by atoms with Crippen LogP contribution < -0.4 is 0 Å². The van der Waals surface area contributed by atoms with Gasteiger partial charge >= 0.3 is 27.5 Å². The minimum absolute atomic E-state index is 0.0264. The highest BCUT2D eigenvalue weighted by molar-refractivity contribution is 7.87. The maximum Gasteiger partial charge on any atom is 0.511 e. The lowest BCUT2D eigenvalue weighted by Gasteiger charge is -2.45. The van der Waals surface area contributed by atoms with Gasteiger partial charge in [0.15, 0.2) is 0 Å². The van der Waals surface area contributed by atoms with Crippen LogP contribution in [-0.2, 0) is 29.1 Å². The summed E-state index contributed by atoms with van der Waals surface area (Å²) in [5.74, 6) is -1.94. The molecule has 0 saturated heterocycles. The largest absolute Gasteiger partial charge is 0.511 e. The number of ether oxygens (including phenoxy) is 3. The van der Waals surface area contributed by atoms with Crippen LogP contribution in [0.2, 0.25) is 0 Å². The molecule has 12 heteroatoms. The monoisotopic (exact) mass is 416 g/mol. The third kappa shape index (κ3) is 5.72. The Bertz CT molecular complexity index is 666. The number of fused-ring (bicyclic) bond motifs is 2. The molecule has 3 atom stereocenters. The smallest absolute Gasteiger partial charge is 0.434 e. The van der Waals surface area contributed by atoms with E-state index in [2.05, 4.69) is 9.47 Å². The van der Waals surface area contributed by atoms with Crippen LogP contribution in [0.25, 0.3) is 0 Å². The Morgan fingerprint density at radius 3 is 2.52 bits per heavy atom. The first kappa shape index (κ1) is 21.8. The van der Waals surface area contributed by atoms with E-state index in [9.17, 15) is 31.9 Å². The molecule has 2 saturated carbocycles. The number of hydrogen-bond donors (Lipinski definition) is 2. The molecule has 2 N–H and O–H groups in total. The van der Waals surface area contributed by atoms with Crippen LogP contribution >= 0.6 is 0 Å². The van der Waals surface area contributed by atoms with E-state index < -0.39 is 39.9 Å². The summed E-state index contributed by atoms with van der Waals surface area (Å²) < 4.78 is 67.4. The Morgan fingerprint density at radius 1 is 1.19 bits per heavy atom. The fraction of sp³-hybridized carbons (Fsp3) is 0.867. The minimum atomic E-state index is -5.99. The molecule has 0 aromatic rings. The van der Waals surface area contributed by atoms with Gasteiger partial charge in [0.25, 0.3) is 0 Å². The Morgan fingerprint density at radius 2 is 1.89 bits per heavy atom. The molecule has 2 fully saturated rings. The summed E-state index contributed by atoms with van der Waals surface area (Å²) in [7, 11) is -5.99. The predicted octanol–water partition coefficient (Wildman–Crippen LogP) is 1.84. The molecule has 156 valence electrons. The zero-order valence-corrected chi connectivity index (χ0v) is 15.3. The van der Waals surface area contributed by atoms with Crippen LogP contribution in [-0.4, -0.2) is 54.5 Å². The molecule has 0 aromatic heterocycles. The van der Waals surface area contributed by atoms with Gasteiger partial charge in [-0.2, -0.15) is 17.2 Å². The molecule has 0 radical (unpaired) electrons. The van der Waals surface area contributed by atoms with Crippen molar-refractivity contribution in [1.82, 2.24) is 0 Å². The van der Waals surface area contributed by atoms with Gasteiger partial charge in [0.1, 0.15) is 0 Å². The second-order valence-electron chi connectivity index (χ2n) is 7.07. The van der Waals surface area contributed by atoms with Crippen molar-refractivity contribution < 1.29 is 50.7 Å². The van der Waals surface area contributed by atoms with Gasteiger partial charge in [-0.1, -0.05) is 12.8 Å². The third-order valence-electron chi connectivity index (χ3n) is 4.93. The van der Waals surface area contributed by atoms with Crippen LogP contribution in [0.4, 0.5) is 13.6 Å². The average Bonchev–Trinajstić information content (AvgIpc) is 2.52. The van der Waals surface area contributed by atoms with Gasteiger partial charge in [0.05, 0.1) is 12.2 Å². The van der Waals surface area contributed by atoms with Crippen LogP contribution in [0.5, 0.6) is 0 Å². The summed E-state index contributed by atoms with van der Waals surface area (Å²) in [5.41, 5.74) is -0.654. The van der Waals surface area contributed by atoms with Crippen molar-refractivity contribution in [2.45, 2.75) is 55.8 Å². The zero-order valence-electron chi connectivity index (χ0n) is 14.4. The summed E-state index contributed by atoms with van der Waals surface area (Å²) in [6.45, 7) is -1.32. The zero-order chi connectivity index (χ0) is 20.3. The van der Waals surface area contributed by atoms with Crippen LogP contribution in [0.3, 0.4) is 0 Å². The number of esters is 1. The topological polar surface area (TPSA) is 136 Å². The number of carbonyl (C=O) groups excluding carboxylic acids is 2. The molecule has 3 unspecified atom stereocenters. The molecule has 2 aliphatic carbocycles. The second kappa shape index (κ2) is 8.23. The van der Waals surface area contributed by atoms with Gasteiger partial charge in [-0.15, -0.1) is 0 Å². The highest BCUT2D eigenvalue weighted by Crippen LogP contribution is 2.46. The Labute approximate surface area is 154 Å². The number of carbonyl (C=O) groups is 2. The maximum absolute atomic E-state index is 12.9. The van der Waals surface area contributed by atoms with E-state index in [0.29, 0.717) is 18.8 Å². The highest BCUT2D eigenvalue weighted by atomic mass is 32.2. The van der Waals surface area contributed by atoms with Gasteiger partial charge in [-0.25, -0.2) is 9.59 Å². The van der Waals surface area contributed by atoms with Gasteiger partial charge in [0.2, 0.25) is 6.79 Å². The van der Waals surface area contributed by atoms with E-state index in [1.807, 2.05) is 0 Å². The molecule has 27 heavy (non-hydrogen) atoms. The lowest BCUT2D eigenvalue weighted by Crippen LogP contribution is -2.42. The summed E-state index contributed by atoms with van der Waals surface area (Å²) in [6.07, 6.45) is 4.41. The number of aliphatic hydroxyl groups is 1. The molecule has 9 nitrogen and oxygen atoms in total. The second-order valence-corrected chi connectivity index (χ2v) is 8.53. The molecular formula is C15H22F2O9S. The Balaban J connectivity index is 1.65. The molecule has 0 heterocycles. The number of alkyl halides is 2. The van der Waals surface area contributed by atoms with Crippen molar-refractivity contribution in [3.63, 3.8) is 0 Å². The quantitative estimate of drug-likeness (QED) is 0.362. The van der Waals surface area contributed by atoms with E-state index >= 15 is 0 Å². The van der Waals surface area contributed by atoms with Crippen LogP contribution in [0.1, 0.15) is 44.9 Å². The normalized spacial score (nSPS) is 28.3. The Kier molecular flexibility index (Phi) is 6.63. The molecule has 0 aliphatic heterocycles. The molecule has 2 aliphatic rings. The fourth-order valence-electron chi connectivity index (χ4n) is 3.83. The van der Waals surface area contributed by atoms with Crippen molar-refractivity contribution in [2.24, 2.45) is 11.8 Å². The van der Waals surface area contributed by atoms with Crippen molar-refractivity contribution >= 4 is 22.2 Å². The molecule has 0 aromatic carbocycles. The first-order chi connectivity index (χ1) is 12.4. The molecule has 2 bridgehead atoms. The van der Waals surface area contributed by atoms with E-state index in [0.717, 1.165) is 32.1 Å². The summed E-state index contributed by atoms with van der Waals surface area (Å²) in [4.78, 5) is 22.2. The molecule has 0 spiro atoms. The standard InChI is InChI=1S/C15H22F2O9S/c16-15(17,27(21,22)23)12(18)25-9-26-13(19)24-5-3-11-6-10-2-1-4-14(20,7-10)8-11/h10-11,20H,1-9H2,(H,21,22,23). The SMILES string of the molecule is O=C(OCCC1CC2CCCC(O)(C2)C1)OCOC(=O)C(F)(F)S(=O)(=O)O. The molecular weight excluding hydrogens is 394 g/mol. The maximum atomic E-state index is 12.9. The summed E-state index contributed by atoms with van der Waals surface area (Å²) in [6, 6.07) is 0.